The zero-order valence-corrected chi connectivity index (χ0v) is 41.3. The summed E-state index contributed by atoms with van der Waals surface area (Å²) in [6, 6.07) is 16.6. The molecular formula is C36H42CuN12O16S4. The summed E-state index contributed by atoms with van der Waals surface area (Å²) in [5, 5.41) is 18.6. The molecule has 0 fully saturated rings. The number of aromatic nitrogens is 8. The molecule has 8 aromatic heterocycles. The van der Waals surface area contributed by atoms with Gasteiger partial charge in [0.1, 0.15) is 39.8 Å². The molecule has 33 heteroatoms. The number of fused-ring (bicyclic) bond motifs is 20. The second-order valence-electron chi connectivity index (χ2n) is 13.7. The van der Waals surface area contributed by atoms with E-state index in [-0.39, 0.29) is 17.1 Å². The zero-order chi connectivity index (χ0) is 50.5. The van der Waals surface area contributed by atoms with Crippen LogP contribution in [0.1, 0.15) is 0 Å². The quantitative estimate of drug-likeness (QED) is 0.0576. The number of pyridine rings is 4. The summed E-state index contributed by atoms with van der Waals surface area (Å²) in [6.45, 7) is 0. The van der Waals surface area contributed by atoms with Gasteiger partial charge in [-0.25, -0.2) is 42.8 Å². The van der Waals surface area contributed by atoms with E-state index in [0.29, 0.717) is 0 Å². The monoisotopic (exact) mass is 1090 g/mol. The van der Waals surface area contributed by atoms with Gasteiger partial charge in [0, 0.05) is 35.9 Å². The van der Waals surface area contributed by atoms with Crippen LogP contribution in [0.3, 0.4) is 0 Å². The Labute approximate surface area is 404 Å². The minimum atomic E-state index is -4.41. The van der Waals surface area contributed by atoms with Crippen molar-refractivity contribution in [2.24, 2.45) is 28.2 Å². The molecule has 8 bridgehead atoms. The van der Waals surface area contributed by atoms with Gasteiger partial charge in [-0.15, -0.1) is 0 Å². The van der Waals surface area contributed by atoms with Crippen LogP contribution in [0, 0.1) is 0 Å². The topological polar surface area (TPSA) is 389 Å². The van der Waals surface area contributed by atoms with Gasteiger partial charge < -0.3 is 59.4 Å². The van der Waals surface area contributed by atoms with E-state index in [0.717, 1.165) is 119 Å². The second kappa shape index (κ2) is 22.1. The van der Waals surface area contributed by atoms with Crippen molar-refractivity contribution in [1.82, 2.24) is 19.9 Å². The predicted molar refractivity (Wildman–Crippen MR) is 236 cm³/mol. The van der Waals surface area contributed by atoms with Crippen LogP contribution in [0.2, 0.25) is 0 Å². The molecule has 0 atom stereocenters. The molecule has 0 unspecified atom stereocenters. The minimum Gasteiger partial charge on any atom is -0.726 e. The number of aryl methyl sites for hydroxylation is 4. The first-order valence-electron chi connectivity index (χ1n) is 18.7. The molecule has 377 valence electrons. The molecule has 9 rings (SSSR count). The summed E-state index contributed by atoms with van der Waals surface area (Å²) in [5.74, 6) is 6.29. The molecule has 69 heavy (non-hydrogen) atoms. The van der Waals surface area contributed by atoms with E-state index in [1.165, 1.54) is 0 Å². The summed E-state index contributed by atoms with van der Waals surface area (Å²) < 4.78 is 132. The third-order valence-corrected chi connectivity index (χ3v) is 11.1. The first-order chi connectivity index (χ1) is 31.7. The van der Waals surface area contributed by atoms with Crippen molar-refractivity contribution in [2.45, 2.75) is 0 Å². The largest absolute Gasteiger partial charge is 2.00 e. The van der Waals surface area contributed by atoms with E-state index in [9.17, 15) is 51.9 Å². The Morgan fingerprint density at radius 3 is 0.899 bits per heavy atom. The van der Waals surface area contributed by atoms with Gasteiger partial charge in [-0.2, -0.15) is 9.13 Å². The van der Waals surface area contributed by atoms with Gasteiger partial charge in [-0.3, -0.25) is 16.7 Å². The molecule has 1 aliphatic heterocycles. The van der Waals surface area contributed by atoms with Crippen LogP contribution < -0.4 is 49.5 Å². The number of anilines is 8. The maximum atomic E-state index is 9.22. The predicted octanol–water partition coefficient (Wildman–Crippen LogP) is -0.175. The summed E-state index contributed by atoms with van der Waals surface area (Å²) in [6.07, 6.45) is 8.17. The van der Waals surface area contributed by atoms with Crippen molar-refractivity contribution < 1.29 is 104 Å². The molecule has 6 N–H and O–H groups in total. The van der Waals surface area contributed by atoms with Gasteiger partial charge in [-0.1, -0.05) is 0 Å². The fraction of sp³-hybridized carbons (Fsp3) is 0.222. The van der Waals surface area contributed by atoms with Crippen LogP contribution in [0.25, 0.3) is 43.6 Å². The fourth-order valence-corrected chi connectivity index (χ4v) is 6.61. The maximum absolute atomic E-state index is 9.22. The summed E-state index contributed by atoms with van der Waals surface area (Å²) in [5.41, 5.74) is 3.98. The smallest absolute Gasteiger partial charge is 0.726 e. The van der Waals surface area contributed by atoms with E-state index >= 15 is 0 Å². The SMILES string of the molecule is COS(=O)(=O)[O-].COS(=O)(=O)[O-].COS(=O)(=O)[O-].COS(=O)(=O)[O-].C[n+]1cccc2c3[n-]c(c21)Nc1[nH]c(c2c1ccc[n+]2C)Nc1[n-]c(c2c1ccc[n+]2C)Nc1[nH]c(c2c1ccc[n+]2C)N3.[Cu+2]. The van der Waals surface area contributed by atoms with Gasteiger partial charge in [0.25, 0.3) is 0 Å². The molecule has 0 spiro atoms. The maximum Gasteiger partial charge on any atom is 2.00 e. The van der Waals surface area contributed by atoms with E-state index in [4.69, 9.17) is 9.97 Å². The number of aromatic amines is 2. The molecule has 9 heterocycles. The zero-order valence-electron chi connectivity index (χ0n) is 37.1. The second-order valence-corrected chi connectivity index (χ2v) is 18.3. The van der Waals surface area contributed by atoms with Crippen molar-refractivity contribution in [3.05, 3.63) is 73.3 Å². The van der Waals surface area contributed by atoms with Gasteiger partial charge in [0.2, 0.25) is 63.7 Å². The summed E-state index contributed by atoms with van der Waals surface area (Å²) in [7, 11) is -6.25. The number of H-pyrrole nitrogens is 2. The molecule has 0 amide bonds. The molecule has 0 aromatic carbocycles. The number of rotatable bonds is 4. The number of nitrogens with one attached hydrogen (secondary N) is 6. The van der Waals surface area contributed by atoms with Crippen LogP contribution in [-0.2, 0) is 104 Å². The van der Waals surface area contributed by atoms with Crippen molar-refractivity contribution >= 4 is 132 Å². The third kappa shape index (κ3) is 14.0. The standard InChI is InChI=1S/C32H26N12.4CH4O4S.Cu/c1-41-13-5-9-17-21(41)29-33-25(17)38-30-23-19(11-7-15-43(23)3)27(35-30)40-32-24-20(12-8-16-44(24)4)28(36-32)39-31-22-18(26(34-31)37-29)10-6-14-42(22)2;4*1-5-6(2,3)4;/h5-16H,1-4H3,(H2-2,33,34,35,36,37,38,39,40);4*1H3,(H,2,3,4);/q-2;;;;;+2. The average molecular weight is 1090 g/mol. The first kappa shape index (κ1) is 55.6. The summed E-state index contributed by atoms with van der Waals surface area (Å²) in [4.78, 5) is 17.5. The van der Waals surface area contributed by atoms with E-state index in [1.54, 1.807) is 0 Å². The molecule has 28 nitrogen and oxygen atoms in total. The van der Waals surface area contributed by atoms with Crippen LogP contribution in [0.4, 0.5) is 46.5 Å². The Bertz CT molecular complexity index is 3130. The van der Waals surface area contributed by atoms with E-state index in [2.05, 4.69) is 90.5 Å². The normalized spacial score (nSPS) is 12.2. The Kier molecular flexibility index (Phi) is 17.8. The number of nitrogens with zero attached hydrogens (tertiary/aromatic N) is 6. The van der Waals surface area contributed by atoms with Crippen molar-refractivity contribution in [3.63, 3.8) is 0 Å². The van der Waals surface area contributed by atoms with Crippen molar-refractivity contribution in [2.75, 3.05) is 49.7 Å². The first-order valence-corrected chi connectivity index (χ1v) is 24.1. The molecule has 0 saturated carbocycles. The third-order valence-electron chi connectivity index (χ3n) is 9.43. The van der Waals surface area contributed by atoms with Gasteiger partial charge in [-0.05, 0) is 24.3 Å². The number of hydrogen-bond donors (Lipinski definition) is 6. The Balaban J connectivity index is 0.000000345. The Morgan fingerprint density at radius 1 is 0.406 bits per heavy atom. The van der Waals surface area contributed by atoms with Crippen LogP contribution in [0.15, 0.2) is 73.3 Å². The van der Waals surface area contributed by atoms with Crippen LogP contribution in [0.5, 0.6) is 0 Å². The Hall–Kier alpha value is -6.04. The van der Waals surface area contributed by atoms with E-state index in [1.807, 2.05) is 77.2 Å². The van der Waals surface area contributed by atoms with Gasteiger partial charge in [0.15, 0.2) is 24.8 Å². The van der Waals surface area contributed by atoms with Gasteiger partial charge in [0.05, 0.1) is 73.3 Å². The van der Waals surface area contributed by atoms with Crippen LogP contribution >= 0.6 is 0 Å². The fourth-order valence-electron chi connectivity index (χ4n) is 6.61. The number of hydrogen-bond acceptors (Lipinski definition) is 20. The molecule has 1 aliphatic rings. The van der Waals surface area contributed by atoms with E-state index < -0.39 is 41.6 Å². The Morgan fingerprint density at radius 2 is 0.638 bits per heavy atom. The van der Waals surface area contributed by atoms with Gasteiger partial charge >= 0.3 is 17.1 Å². The minimum absolute atomic E-state index is 0. The molecule has 1 radical (unpaired) electrons. The molecule has 0 aliphatic carbocycles. The van der Waals surface area contributed by atoms with Crippen LogP contribution in [-0.4, -0.2) is 90.3 Å². The van der Waals surface area contributed by atoms with Crippen molar-refractivity contribution in [3.8, 4) is 0 Å². The summed E-state index contributed by atoms with van der Waals surface area (Å²) >= 11 is 0. The molecule has 0 saturated heterocycles. The average Bonchev–Trinajstić information content (AvgIpc) is 4.00. The molecule has 8 aromatic rings. The molecular weight excluding hydrogens is 1050 g/mol. The van der Waals surface area contributed by atoms with Crippen molar-refractivity contribution in [1.29, 1.82) is 0 Å².